The van der Waals surface area contributed by atoms with Gasteiger partial charge in [-0.1, -0.05) is 17.7 Å². The van der Waals surface area contributed by atoms with E-state index in [1.165, 1.54) is 18.3 Å². The van der Waals surface area contributed by atoms with Gasteiger partial charge in [0.1, 0.15) is 18.6 Å². The lowest BCUT2D eigenvalue weighted by Crippen LogP contribution is -2.21. The first-order valence-electron chi connectivity index (χ1n) is 11.0. The fraction of sp³-hybridized carbons (Fsp3) is 0.250. The molecule has 188 valence electrons. The van der Waals surface area contributed by atoms with Crippen LogP contribution in [0.15, 0.2) is 59.5 Å². The molecule has 1 amide bonds. The molecule has 3 heterocycles. The van der Waals surface area contributed by atoms with Crippen LogP contribution in [0.25, 0.3) is 17.1 Å². The monoisotopic (exact) mass is 500 g/mol. The third-order valence-electron chi connectivity index (χ3n) is 5.12. The number of amides is 1. The second-order valence-corrected chi connectivity index (χ2v) is 7.99. The van der Waals surface area contributed by atoms with E-state index in [1.54, 1.807) is 10.9 Å². The molecule has 36 heavy (non-hydrogen) atoms. The van der Waals surface area contributed by atoms with Gasteiger partial charge in [0.05, 0.1) is 23.3 Å². The average molecular weight is 500 g/mol. The molecule has 0 spiro atoms. The zero-order chi connectivity index (χ0) is 25.7. The summed E-state index contributed by atoms with van der Waals surface area (Å²) in [6.45, 7) is 0.712. The summed E-state index contributed by atoms with van der Waals surface area (Å²) in [6, 6.07) is 10.6. The van der Waals surface area contributed by atoms with E-state index in [0.717, 1.165) is 17.5 Å². The van der Waals surface area contributed by atoms with Gasteiger partial charge in [-0.2, -0.15) is 18.3 Å². The van der Waals surface area contributed by atoms with Gasteiger partial charge in [-0.05, 0) is 44.0 Å². The van der Waals surface area contributed by atoms with Crippen LogP contribution in [0.5, 0.6) is 0 Å². The third kappa shape index (κ3) is 6.27. The van der Waals surface area contributed by atoms with Gasteiger partial charge in [0, 0.05) is 18.4 Å². The van der Waals surface area contributed by atoms with E-state index in [0.29, 0.717) is 29.8 Å². The predicted octanol–water partition coefficient (Wildman–Crippen LogP) is 4.38. The maximum atomic E-state index is 12.9. The third-order valence-corrected chi connectivity index (χ3v) is 5.12. The maximum Gasteiger partial charge on any atom is 0.405 e. The zero-order valence-corrected chi connectivity index (χ0v) is 19.2. The second kappa shape index (κ2) is 10.6. The minimum atomic E-state index is -4.39. The Morgan fingerprint density at radius 1 is 1.19 bits per heavy atom. The molecular formula is C24H23F3N6O3. The first kappa shape index (κ1) is 24.9. The van der Waals surface area contributed by atoms with Crippen molar-refractivity contribution in [2.24, 2.45) is 0 Å². The number of alkyl halides is 3. The van der Waals surface area contributed by atoms with Gasteiger partial charge in [0.2, 0.25) is 5.89 Å². The molecule has 0 aliphatic heterocycles. The fourth-order valence-corrected chi connectivity index (χ4v) is 3.32. The Morgan fingerprint density at radius 2 is 1.97 bits per heavy atom. The molecule has 0 atom stereocenters. The molecular weight excluding hydrogens is 477 g/mol. The Labute approximate surface area is 204 Å². The van der Waals surface area contributed by atoms with Crippen LogP contribution in [0.2, 0.25) is 0 Å². The van der Waals surface area contributed by atoms with Crippen molar-refractivity contribution in [3.8, 4) is 17.1 Å². The molecule has 0 unspecified atom stereocenters. The number of aryl methyl sites for hydroxylation is 2. The van der Waals surface area contributed by atoms with E-state index in [1.807, 2.05) is 31.2 Å². The Bertz CT molecular complexity index is 1330. The molecule has 12 heteroatoms. The summed E-state index contributed by atoms with van der Waals surface area (Å²) in [5.74, 6) is -0.511. The maximum absolute atomic E-state index is 12.9. The molecule has 0 aliphatic carbocycles. The number of nitrogens with one attached hydrogen (secondary N) is 2. The van der Waals surface area contributed by atoms with Crippen LogP contribution in [-0.2, 0) is 6.42 Å². The highest BCUT2D eigenvalue weighted by atomic mass is 19.4. The van der Waals surface area contributed by atoms with Crippen LogP contribution in [0.4, 0.5) is 24.7 Å². The highest BCUT2D eigenvalue weighted by molar-refractivity contribution is 6.03. The van der Waals surface area contributed by atoms with E-state index in [4.69, 9.17) is 4.42 Å². The molecule has 0 aliphatic rings. The van der Waals surface area contributed by atoms with Crippen molar-refractivity contribution in [2.75, 3.05) is 23.8 Å². The topological polar surface area (TPSA) is 118 Å². The van der Waals surface area contributed by atoms with E-state index in [9.17, 15) is 23.1 Å². The van der Waals surface area contributed by atoms with Crippen LogP contribution in [-0.4, -0.2) is 50.1 Å². The summed E-state index contributed by atoms with van der Waals surface area (Å²) in [5, 5.41) is 18.7. The number of aliphatic hydroxyl groups excluding tert-OH is 1. The van der Waals surface area contributed by atoms with Crippen LogP contribution >= 0.6 is 0 Å². The van der Waals surface area contributed by atoms with Gasteiger partial charge in [0.25, 0.3) is 5.91 Å². The van der Waals surface area contributed by atoms with Crippen molar-refractivity contribution in [2.45, 2.75) is 25.9 Å². The van der Waals surface area contributed by atoms with Gasteiger partial charge in [0.15, 0.2) is 5.69 Å². The Kier molecular flexibility index (Phi) is 7.34. The molecule has 0 saturated carbocycles. The molecule has 0 radical (unpaired) electrons. The summed E-state index contributed by atoms with van der Waals surface area (Å²) in [7, 11) is 0. The number of hydrogen-bond acceptors (Lipinski definition) is 7. The Balaban J connectivity index is 1.51. The molecule has 1 aromatic carbocycles. The summed E-state index contributed by atoms with van der Waals surface area (Å²) >= 11 is 0. The number of aromatic nitrogens is 4. The lowest BCUT2D eigenvalue weighted by Gasteiger charge is -2.08. The highest BCUT2D eigenvalue weighted by Crippen LogP contribution is 2.24. The van der Waals surface area contributed by atoms with Crippen LogP contribution in [0.1, 0.15) is 28.2 Å². The number of carbonyl (C=O) groups is 1. The second-order valence-electron chi connectivity index (χ2n) is 7.99. The van der Waals surface area contributed by atoms with Crippen LogP contribution < -0.4 is 10.6 Å². The van der Waals surface area contributed by atoms with Crippen molar-refractivity contribution in [3.63, 3.8) is 0 Å². The summed E-state index contributed by atoms with van der Waals surface area (Å²) < 4.78 is 44.4. The number of carbonyl (C=O) groups excluding carboxylic acids is 1. The molecule has 3 aromatic heterocycles. The molecule has 9 nitrogen and oxygen atoms in total. The number of pyridine rings is 1. The standard InChI is InChI=1S/C24H23F3N6O3/c1-15-4-6-17(7-5-15)33-12-19(18(32-33)3-2-10-34)30-22(35)20-13-36-23(31-20)16-8-9-28-21(11-16)29-14-24(25,26)27/h4-9,11-13,34H,2-3,10,14H2,1H3,(H,28,29)(H,30,35). The SMILES string of the molecule is Cc1ccc(-n2cc(NC(=O)c3coc(-c4ccnc(NCC(F)(F)F)c4)n3)c(CCCO)n2)cc1. The Morgan fingerprint density at radius 3 is 2.69 bits per heavy atom. The first-order chi connectivity index (χ1) is 17.2. The van der Waals surface area contributed by atoms with E-state index >= 15 is 0 Å². The molecule has 0 saturated heterocycles. The van der Waals surface area contributed by atoms with Crippen molar-refractivity contribution in [3.05, 3.63) is 72.0 Å². The smallest absolute Gasteiger partial charge is 0.405 e. The number of nitrogens with zero attached hydrogens (tertiary/aromatic N) is 4. The van der Waals surface area contributed by atoms with E-state index < -0.39 is 18.6 Å². The number of halogens is 3. The van der Waals surface area contributed by atoms with Gasteiger partial charge >= 0.3 is 6.18 Å². The largest absolute Gasteiger partial charge is 0.444 e. The fourth-order valence-electron chi connectivity index (χ4n) is 3.32. The predicted molar refractivity (Wildman–Crippen MR) is 126 cm³/mol. The van der Waals surface area contributed by atoms with Crippen LogP contribution in [0.3, 0.4) is 0 Å². The normalized spacial score (nSPS) is 11.5. The van der Waals surface area contributed by atoms with Crippen LogP contribution in [0, 0.1) is 6.92 Å². The first-order valence-corrected chi connectivity index (χ1v) is 11.0. The number of oxazole rings is 1. The minimum Gasteiger partial charge on any atom is -0.444 e. The minimum absolute atomic E-state index is 0.00827. The highest BCUT2D eigenvalue weighted by Gasteiger charge is 2.27. The molecule has 0 fully saturated rings. The van der Waals surface area contributed by atoms with Crippen molar-refractivity contribution >= 4 is 17.4 Å². The summed E-state index contributed by atoms with van der Waals surface area (Å²) in [6.07, 6.45) is 0.665. The zero-order valence-electron chi connectivity index (χ0n) is 19.2. The number of hydrogen-bond donors (Lipinski definition) is 3. The molecule has 4 rings (SSSR count). The number of aliphatic hydroxyl groups is 1. The number of benzene rings is 1. The lowest BCUT2D eigenvalue weighted by molar-refractivity contribution is -0.115. The molecule has 3 N–H and O–H groups in total. The van der Waals surface area contributed by atoms with Gasteiger partial charge < -0.3 is 20.2 Å². The molecule has 4 aromatic rings. The number of anilines is 2. The van der Waals surface area contributed by atoms with Crippen molar-refractivity contribution < 1.29 is 27.5 Å². The lowest BCUT2D eigenvalue weighted by atomic mass is 10.2. The van der Waals surface area contributed by atoms with Crippen molar-refractivity contribution in [1.29, 1.82) is 0 Å². The quantitative estimate of drug-likeness (QED) is 0.312. The van der Waals surface area contributed by atoms with E-state index in [2.05, 4.69) is 25.7 Å². The van der Waals surface area contributed by atoms with Gasteiger partial charge in [-0.15, -0.1) is 0 Å². The molecule has 0 bridgehead atoms. The summed E-state index contributed by atoms with van der Waals surface area (Å²) in [5.41, 5.74) is 3.28. The van der Waals surface area contributed by atoms with Crippen molar-refractivity contribution in [1.82, 2.24) is 19.7 Å². The average Bonchev–Trinajstić information content (AvgIpc) is 3.50. The van der Waals surface area contributed by atoms with E-state index in [-0.39, 0.29) is 24.0 Å². The number of rotatable bonds is 9. The van der Waals surface area contributed by atoms with Gasteiger partial charge in [-0.25, -0.2) is 14.6 Å². The summed E-state index contributed by atoms with van der Waals surface area (Å²) in [4.78, 5) is 20.9. The van der Waals surface area contributed by atoms with Gasteiger partial charge in [-0.3, -0.25) is 4.79 Å². The Hall–Kier alpha value is -4.19.